The van der Waals surface area contributed by atoms with Crippen molar-refractivity contribution in [3.63, 3.8) is 0 Å². The second-order valence-electron chi connectivity index (χ2n) is 5.23. The monoisotopic (exact) mass is 276 g/mol. The number of aromatic nitrogens is 1. The van der Waals surface area contributed by atoms with Gasteiger partial charge in [-0.15, -0.1) is 0 Å². The summed E-state index contributed by atoms with van der Waals surface area (Å²) >= 11 is 0. The highest BCUT2D eigenvalue weighted by molar-refractivity contribution is 5.89. The minimum absolute atomic E-state index is 0.313. The van der Waals surface area contributed by atoms with Gasteiger partial charge in [0.2, 0.25) is 0 Å². The smallest absolute Gasteiger partial charge is 0.339 e. The predicted molar refractivity (Wildman–Crippen MR) is 74.9 cm³/mol. The van der Waals surface area contributed by atoms with E-state index < -0.39 is 0 Å². The number of ether oxygens (including phenoxy) is 2. The maximum Gasteiger partial charge on any atom is 0.339 e. The number of rotatable bonds is 3. The highest BCUT2D eigenvalue weighted by Gasteiger charge is 2.36. The van der Waals surface area contributed by atoms with E-state index in [4.69, 9.17) is 9.47 Å². The third-order valence-electron chi connectivity index (χ3n) is 4.04. The second kappa shape index (κ2) is 5.79. The van der Waals surface area contributed by atoms with Crippen molar-refractivity contribution in [2.45, 2.75) is 38.3 Å². The van der Waals surface area contributed by atoms with E-state index in [0.29, 0.717) is 24.3 Å². The Bertz CT molecular complexity index is 475. The standard InChI is InChI=1S/C15H20N2O3/c1-2-19-15(18)11-6-7-14(16-10-11)17-8-9-20-13-5-3-4-12(13)17/h6-7,10,12-13H,2-5,8-9H2,1H3. The minimum Gasteiger partial charge on any atom is -0.462 e. The number of carbonyl (C=O) groups excluding carboxylic acids is 1. The summed E-state index contributed by atoms with van der Waals surface area (Å²) in [5, 5.41) is 0. The van der Waals surface area contributed by atoms with Crippen LogP contribution in [0.2, 0.25) is 0 Å². The van der Waals surface area contributed by atoms with E-state index in [1.165, 1.54) is 6.42 Å². The highest BCUT2D eigenvalue weighted by Crippen LogP contribution is 2.32. The molecular weight excluding hydrogens is 256 g/mol. The fourth-order valence-corrected chi connectivity index (χ4v) is 3.10. The molecule has 1 aliphatic heterocycles. The first-order chi connectivity index (χ1) is 9.79. The molecule has 5 heteroatoms. The lowest BCUT2D eigenvalue weighted by molar-refractivity contribution is 0.0253. The Labute approximate surface area is 118 Å². The van der Waals surface area contributed by atoms with E-state index in [0.717, 1.165) is 31.8 Å². The van der Waals surface area contributed by atoms with Crippen LogP contribution in [0.1, 0.15) is 36.5 Å². The molecule has 2 fully saturated rings. The molecule has 0 spiro atoms. The molecule has 2 unspecified atom stereocenters. The Morgan fingerprint density at radius 1 is 1.50 bits per heavy atom. The zero-order chi connectivity index (χ0) is 13.9. The number of esters is 1. The molecule has 2 aliphatic rings. The van der Waals surface area contributed by atoms with Crippen molar-refractivity contribution in [1.82, 2.24) is 4.98 Å². The van der Waals surface area contributed by atoms with Gasteiger partial charge in [0.15, 0.2) is 0 Å². The van der Waals surface area contributed by atoms with Crippen molar-refractivity contribution >= 4 is 11.8 Å². The third-order valence-corrected chi connectivity index (χ3v) is 4.04. The molecule has 1 aliphatic carbocycles. The molecule has 108 valence electrons. The molecular formula is C15H20N2O3. The Balaban J connectivity index is 1.75. The van der Waals surface area contributed by atoms with E-state index in [9.17, 15) is 4.79 Å². The summed E-state index contributed by atoms with van der Waals surface area (Å²) in [5.41, 5.74) is 0.506. The quantitative estimate of drug-likeness (QED) is 0.791. The molecule has 5 nitrogen and oxygen atoms in total. The summed E-state index contributed by atoms with van der Waals surface area (Å²) < 4.78 is 10.8. The van der Waals surface area contributed by atoms with E-state index in [1.54, 1.807) is 19.2 Å². The molecule has 1 saturated carbocycles. The van der Waals surface area contributed by atoms with E-state index in [1.807, 2.05) is 6.07 Å². The molecule has 0 radical (unpaired) electrons. The van der Waals surface area contributed by atoms with Crippen LogP contribution in [0, 0.1) is 0 Å². The summed E-state index contributed by atoms with van der Waals surface area (Å²) in [6.45, 7) is 3.80. The molecule has 0 amide bonds. The fourth-order valence-electron chi connectivity index (χ4n) is 3.10. The van der Waals surface area contributed by atoms with Crippen LogP contribution in [0.5, 0.6) is 0 Å². The zero-order valence-corrected chi connectivity index (χ0v) is 11.7. The summed E-state index contributed by atoms with van der Waals surface area (Å²) in [6, 6.07) is 4.14. The van der Waals surface area contributed by atoms with Gasteiger partial charge in [0, 0.05) is 12.7 Å². The van der Waals surface area contributed by atoms with Crippen molar-refractivity contribution in [1.29, 1.82) is 0 Å². The Hall–Kier alpha value is -1.62. The average molecular weight is 276 g/mol. The van der Waals surface area contributed by atoms with Gasteiger partial charge in [0.05, 0.1) is 30.9 Å². The zero-order valence-electron chi connectivity index (χ0n) is 11.7. The maximum atomic E-state index is 11.6. The van der Waals surface area contributed by atoms with Crippen LogP contribution in [-0.2, 0) is 9.47 Å². The lowest BCUT2D eigenvalue weighted by Crippen LogP contribution is -2.49. The number of fused-ring (bicyclic) bond motifs is 1. The lowest BCUT2D eigenvalue weighted by atomic mass is 10.1. The Morgan fingerprint density at radius 2 is 2.40 bits per heavy atom. The van der Waals surface area contributed by atoms with E-state index >= 15 is 0 Å². The van der Waals surface area contributed by atoms with Gasteiger partial charge in [-0.25, -0.2) is 9.78 Å². The van der Waals surface area contributed by atoms with Gasteiger partial charge in [-0.1, -0.05) is 0 Å². The van der Waals surface area contributed by atoms with Crippen LogP contribution >= 0.6 is 0 Å². The van der Waals surface area contributed by atoms with Crippen molar-refractivity contribution in [3.8, 4) is 0 Å². The highest BCUT2D eigenvalue weighted by atomic mass is 16.5. The van der Waals surface area contributed by atoms with Gasteiger partial charge < -0.3 is 14.4 Å². The topological polar surface area (TPSA) is 51.7 Å². The Morgan fingerprint density at radius 3 is 3.15 bits per heavy atom. The van der Waals surface area contributed by atoms with Crippen molar-refractivity contribution in [2.24, 2.45) is 0 Å². The van der Waals surface area contributed by atoms with Gasteiger partial charge in [-0.2, -0.15) is 0 Å². The molecule has 2 heterocycles. The lowest BCUT2D eigenvalue weighted by Gasteiger charge is -2.38. The minimum atomic E-state index is -0.313. The summed E-state index contributed by atoms with van der Waals surface area (Å²) in [7, 11) is 0. The maximum absolute atomic E-state index is 11.6. The first-order valence-corrected chi connectivity index (χ1v) is 7.31. The number of hydrogen-bond donors (Lipinski definition) is 0. The van der Waals surface area contributed by atoms with Crippen LogP contribution in [0.4, 0.5) is 5.82 Å². The van der Waals surface area contributed by atoms with E-state index in [-0.39, 0.29) is 5.97 Å². The molecule has 1 saturated heterocycles. The number of hydrogen-bond acceptors (Lipinski definition) is 5. The SMILES string of the molecule is CCOC(=O)c1ccc(N2CCOC3CCCC32)nc1. The molecule has 0 aromatic carbocycles. The van der Waals surface area contributed by atoms with Gasteiger partial charge in [0.1, 0.15) is 5.82 Å². The summed E-state index contributed by atoms with van der Waals surface area (Å²) in [6.07, 6.45) is 5.46. The number of morpholine rings is 1. The van der Waals surface area contributed by atoms with Crippen LogP contribution < -0.4 is 4.90 Å². The number of nitrogens with zero attached hydrogens (tertiary/aromatic N) is 2. The molecule has 3 rings (SSSR count). The molecule has 1 aromatic heterocycles. The molecule has 1 aromatic rings. The van der Waals surface area contributed by atoms with Crippen molar-refractivity contribution in [2.75, 3.05) is 24.7 Å². The number of carbonyl (C=O) groups is 1. The molecule has 20 heavy (non-hydrogen) atoms. The first-order valence-electron chi connectivity index (χ1n) is 7.31. The second-order valence-corrected chi connectivity index (χ2v) is 5.23. The normalized spacial score (nSPS) is 25.4. The summed E-state index contributed by atoms with van der Waals surface area (Å²) in [5.74, 6) is 0.616. The largest absolute Gasteiger partial charge is 0.462 e. The number of anilines is 1. The third kappa shape index (κ3) is 2.50. The van der Waals surface area contributed by atoms with Gasteiger partial charge >= 0.3 is 5.97 Å². The molecule has 2 atom stereocenters. The number of pyridine rings is 1. The van der Waals surface area contributed by atoms with Gasteiger partial charge in [-0.05, 0) is 38.3 Å². The van der Waals surface area contributed by atoms with Crippen LogP contribution in [0.15, 0.2) is 18.3 Å². The van der Waals surface area contributed by atoms with Crippen molar-refractivity contribution in [3.05, 3.63) is 23.9 Å². The van der Waals surface area contributed by atoms with Gasteiger partial charge in [0.25, 0.3) is 0 Å². The Kier molecular flexibility index (Phi) is 3.87. The van der Waals surface area contributed by atoms with Crippen LogP contribution in [-0.4, -0.2) is 42.9 Å². The fraction of sp³-hybridized carbons (Fsp3) is 0.600. The van der Waals surface area contributed by atoms with Crippen LogP contribution in [0.25, 0.3) is 0 Å². The van der Waals surface area contributed by atoms with E-state index in [2.05, 4.69) is 9.88 Å². The van der Waals surface area contributed by atoms with Crippen molar-refractivity contribution < 1.29 is 14.3 Å². The predicted octanol–water partition coefficient (Wildman–Crippen LogP) is 2.02. The summed E-state index contributed by atoms with van der Waals surface area (Å²) in [4.78, 5) is 18.4. The van der Waals surface area contributed by atoms with Crippen LogP contribution in [0.3, 0.4) is 0 Å². The molecule has 0 bridgehead atoms. The van der Waals surface area contributed by atoms with Gasteiger partial charge in [-0.3, -0.25) is 0 Å². The first kappa shape index (κ1) is 13.4. The molecule has 0 N–H and O–H groups in total. The average Bonchev–Trinajstić information content (AvgIpc) is 2.96.